The summed E-state index contributed by atoms with van der Waals surface area (Å²) >= 11 is 0. The summed E-state index contributed by atoms with van der Waals surface area (Å²) in [7, 11) is 0. The van der Waals surface area contributed by atoms with Crippen LogP contribution in [0.4, 0.5) is 13.2 Å². The van der Waals surface area contributed by atoms with Gasteiger partial charge in [0.1, 0.15) is 5.69 Å². The fourth-order valence-corrected chi connectivity index (χ4v) is 1.05. The summed E-state index contributed by atoms with van der Waals surface area (Å²) in [4.78, 5) is 11.3. The molecule has 2 N–H and O–H groups in total. The number of carbonyl (C=O) groups excluding carboxylic acids is 1. The molecule has 0 atom stereocenters. The molecule has 0 spiro atoms. The molecule has 0 saturated heterocycles. The Balaban J connectivity index is 2.60. The molecular weight excluding hydrogens is 223 g/mol. The van der Waals surface area contributed by atoms with E-state index in [1.54, 1.807) is 5.10 Å². The van der Waals surface area contributed by atoms with E-state index in [1.165, 1.54) is 0 Å². The average Bonchev–Trinajstić information content (AvgIpc) is 2.66. The lowest BCUT2D eigenvalue weighted by molar-refractivity contribution is -0.141. The predicted molar refractivity (Wildman–Crippen MR) is 50.8 cm³/mol. The van der Waals surface area contributed by atoms with Gasteiger partial charge >= 0.3 is 6.18 Å². The minimum Gasteiger partial charge on any atom is -0.351 e. The van der Waals surface area contributed by atoms with Gasteiger partial charge in [-0.3, -0.25) is 9.89 Å². The van der Waals surface area contributed by atoms with E-state index >= 15 is 0 Å². The van der Waals surface area contributed by atoms with Gasteiger partial charge in [0.25, 0.3) is 5.91 Å². The second-order valence-corrected chi connectivity index (χ2v) is 3.27. The van der Waals surface area contributed by atoms with Crippen molar-refractivity contribution in [2.75, 3.05) is 6.54 Å². The zero-order chi connectivity index (χ0) is 12.2. The number of halogens is 3. The monoisotopic (exact) mass is 235 g/mol. The molecule has 0 aliphatic carbocycles. The molecule has 0 bridgehead atoms. The molecule has 0 aliphatic heterocycles. The molecule has 1 heterocycles. The van der Waals surface area contributed by atoms with Crippen LogP contribution in [0, 0.1) is 0 Å². The summed E-state index contributed by atoms with van der Waals surface area (Å²) in [6.07, 6.45) is -2.83. The van der Waals surface area contributed by atoms with Crippen LogP contribution in [0.5, 0.6) is 0 Å². The van der Waals surface area contributed by atoms with Gasteiger partial charge in [0.15, 0.2) is 5.69 Å². The Morgan fingerprint density at radius 1 is 1.56 bits per heavy atom. The molecule has 1 amide bonds. The summed E-state index contributed by atoms with van der Waals surface area (Å²) in [6.45, 7) is 2.38. The van der Waals surface area contributed by atoms with Gasteiger partial charge in [-0.2, -0.15) is 18.3 Å². The zero-order valence-electron chi connectivity index (χ0n) is 8.69. The third kappa shape index (κ3) is 3.25. The van der Waals surface area contributed by atoms with Crippen LogP contribution in [0.3, 0.4) is 0 Å². The summed E-state index contributed by atoms with van der Waals surface area (Å²) < 4.78 is 36.5. The van der Waals surface area contributed by atoms with Crippen molar-refractivity contribution in [3.8, 4) is 0 Å². The minimum absolute atomic E-state index is 0.247. The van der Waals surface area contributed by atoms with Crippen LogP contribution in [0.15, 0.2) is 6.07 Å². The van der Waals surface area contributed by atoms with Crippen molar-refractivity contribution in [2.24, 2.45) is 0 Å². The molecule has 0 unspecified atom stereocenters. The van der Waals surface area contributed by atoms with Crippen molar-refractivity contribution < 1.29 is 18.0 Å². The molecule has 16 heavy (non-hydrogen) atoms. The van der Waals surface area contributed by atoms with E-state index in [1.807, 2.05) is 6.92 Å². The molecule has 0 aliphatic rings. The van der Waals surface area contributed by atoms with Crippen molar-refractivity contribution in [3.05, 3.63) is 17.5 Å². The van der Waals surface area contributed by atoms with Crippen molar-refractivity contribution in [2.45, 2.75) is 25.9 Å². The van der Waals surface area contributed by atoms with E-state index in [0.29, 0.717) is 12.6 Å². The Labute approximate surface area is 90.2 Å². The zero-order valence-corrected chi connectivity index (χ0v) is 8.69. The number of hydrogen-bond acceptors (Lipinski definition) is 2. The van der Waals surface area contributed by atoms with Gasteiger partial charge in [-0.15, -0.1) is 0 Å². The number of H-pyrrole nitrogens is 1. The number of aromatic nitrogens is 2. The van der Waals surface area contributed by atoms with Gasteiger partial charge in [0.05, 0.1) is 0 Å². The van der Waals surface area contributed by atoms with E-state index in [0.717, 1.165) is 12.8 Å². The number of unbranched alkanes of at least 4 members (excludes halogenated alkanes) is 1. The first-order chi connectivity index (χ1) is 7.45. The first kappa shape index (κ1) is 12.5. The predicted octanol–water partition coefficient (Wildman–Crippen LogP) is 1.96. The third-order valence-electron chi connectivity index (χ3n) is 1.93. The Bertz CT molecular complexity index is 359. The number of amides is 1. The molecule has 0 fully saturated rings. The van der Waals surface area contributed by atoms with E-state index in [9.17, 15) is 18.0 Å². The normalized spacial score (nSPS) is 11.5. The van der Waals surface area contributed by atoms with Crippen LogP contribution in [0.1, 0.15) is 35.9 Å². The maximum atomic E-state index is 12.2. The van der Waals surface area contributed by atoms with Crippen LogP contribution in [0.2, 0.25) is 0 Å². The molecule has 1 aromatic heterocycles. The smallest absolute Gasteiger partial charge is 0.351 e. The number of nitrogens with one attached hydrogen (secondary N) is 2. The fraction of sp³-hybridized carbons (Fsp3) is 0.556. The van der Waals surface area contributed by atoms with E-state index in [4.69, 9.17) is 0 Å². The van der Waals surface area contributed by atoms with Crippen LogP contribution >= 0.6 is 0 Å². The second kappa shape index (κ2) is 5.00. The van der Waals surface area contributed by atoms with Crippen LogP contribution in [-0.2, 0) is 6.18 Å². The first-order valence-electron chi connectivity index (χ1n) is 4.86. The van der Waals surface area contributed by atoms with Crippen molar-refractivity contribution in [3.63, 3.8) is 0 Å². The van der Waals surface area contributed by atoms with E-state index < -0.39 is 17.8 Å². The van der Waals surface area contributed by atoms with Crippen molar-refractivity contribution >= 4 is 5.91 Å². The van der Waals surface area contributed by atoms with E-state index in [2.05, 4.69) is 10.4 Å². The summed E-state index contributed by atoms with van der Waals surface area (Å²) in [6, 6.07) is 0.696. The first-order valence-corrected chi connectivity index (χ1v) is 4.86. The third-order valence-corrected chi connectivity index (χ3v) is 1.93. The van der Waals surface area contributed by atoms with Gasteiger partial charge in [-0.05, 0) is 6.42 Å². The molecule has 4 nitrogen and oxygen atoms in total. The highest BCUT2D eigenvalue weighted by Gasteiger charge is 2.33. The van der Waals surface area contributed by atoms with Gasteiger partial charge in [0.2, 0.25) is 0 Å². The van der Waals surface area contributed by atoms with Crippen molar-refractivity contribution in [1.29, 1.82) is 0 Å². The second-order valence-electron chi connectivity index (χ2n) is 3.27. The number of rotatable bonds is 4. The molecule has 7 heteroatoms. The Morgan fingerprint density at radius 2 is 2.25 bits per heavy atom. The maximum absolute atomic E-state index is 12.2. The molecule has 0 saturated carbocycles. The van der Waals surface area contributed by atoms with Gasteiger partial charge < -0.3 is 5.32 Å². The summed E-state index contributed by atoms with van der Waals surface area (Å²) in [5.41, 5.74) is -1.27. The SMILES string of the molecule is CCCCNC(=O)c1cc(C(F)(F)F)[nH]n1. The number of carbonyl (C=O) groups is 1. The Kier molecular flexibility index (Phi) is 3.92. The fourth-order valence-electron chi connectivity index (χ4n) is 1.05. The standard InChI is InChI=1S/C9H12F3N3O/c1-2-3-4-13-8(16)6-5-7(15-14-6)9(10,11)12/h5H,2-4H2,1H3,(H,13,16)(H,14,15). The lowest BCUT2D eigenvalue weighted by Crippen LogP contribution is -2.24. The van der Waals surface area contributed by atoms with Crippen LogP contribution < -0.4 is 5.32 Å². The topological polar surface area (TPSA) is 57.8 Å². The minimum atomic E-state index is -4.51. The molecule has 0 radical (unpaired) electrons. The molecule has 1 aromatic rings. The number of nitrogens with zero attached hydrogens (tertiary/aromatic N) is 1. The summed E-state index contributed by atoms with van der Waals surface area (Å²) in [5, 5.41) is 7.56. The lowest BCUT2D eigenvalue weighted by atomic mass is 10.3. The van der Waals surface area contributed by atoms with Crippen molar-refractivity contribution in [1.82, 2.24) is 15.5 Å². The quantitative estimate of drug-likeness (QED) is 0.784. The Hall–Kier alpha value is -1.53. The Morgan fingerprint density at radius 3 is 2.75 bits per heavy atom. The molecule has 90 valence electrons. The molecule has 0 aromatic carbocycles. The van der Waals surface area contributed by atoms with Gasteiger partial charge in [-0.1, -0.05) is 13.3 Å². The highest BCUT2D eigenvalue weighted by molar-refractivity contribution is 5.92. The van der Waals surface area contributed by atoms with Gasteiger partial charge in [0, 0.05) is 12.6 Å². The van der Waals surface area contributed by atoms with Crippen LogP contribution in [-0.4, -0.2) is 22.6 Å². The number of hydrogen-bond donors (Lipinski definition) is 2. The lowest BCUT2D eigenvalue weighted by Gasteiger charge is -2.01. The largest absolute Gasteiger partial charge is 0.432 e. The molecule has 1 rings (SSSR count). The van der Waals surface area contributed by atoms with Gasteiger partial charge in [-0.25, -0.2) is 0 Å². The van der Waals surface area contributed by atoms with Crippen LogP contribution in [0.25, 0.3) is 0 Å². The average molecular weight is 235 g/mol. The summed E-state index contributed by atoms with van der Waals surface area (Å²) in [5.74, 6) is -0.597. The highest BCUT2D eigenvalue weighted by Crippen LogP contribution is 2.27. The molecular formula is C9H12F3N3O. The number of alkyl halides is 3. The van der Waals surface area contributed by atoms with E-state index in [-0.39, 0.29) is 5.69 Å². The maximum Gasteiger partial charge on any atom is 0.432 e. The number of aromatic amines is 1. The highest BCUT2D eigenvalue weighted by atomic mass is 19.4.